The van der Waals surface area contributed by atoms with E-state index in [4.69, 9.17) is 9.47 Å². The van der Waals surface area contributed by atoms with Gasteiger partial charge in [-0.25, -0.2) is 4.98 Å². The molecular formula is C15H18N2O3. The topological polar surface area (TPSA) is 63.6 Å². The maximum absolute atomic E-state index is 9.65. The zero-order valence-electron chi connectivity index (χ0n) is 11.4. The van der Waals surface area contributed by atoms with Crippen LogP contribution in [-0.4, -0.2) is 36.0 Å². The van der Waals surface area contributed by atoms with Crippen molar-refractivity contribution < 1.29 is 14.6 Å². The maximum Gasteiger partial charge on any atom is 0.162 e. The monoisotopic (exact) mass is 274 g/mol. The fourth-order valence-corrected chi connectivity index (χ4v) is 2.21. The molecule has 1 atom stereocenters. The van der Waals surface area contributed by atoms with Crippen molar-refractivity contribution in [1.29, 1.82) is 0 Å². The van der Waals surface area contributed by atoms with Crippen LogP contribution < -0.4 is 14.8 Å². The molecule has 106 valence electrons. The lowest BCUT2D eigenvalue weighted by Gasteiger charge is -2.19. The lowest BCUT2D eigenvalue weighted by molar-refractivity contribution is 0.172. The van der Waals surface area contributed by atoms with E-state index in [1.807, 2.05) is 25.1 Å². The van der Waals surface area contributed by atoms with Gasteiger partial charge in [-0.05, 0) is 30.0 Å². The summed E-state index contributed by atoms with van der Waals surface area (Å²) in [7, 11) is 0. The second kappa shape index (κ2) is 5.54. The fraction of sp³-hybridized carbons (Fsp3) is 0.400. The highest BCUT2D eigenvalue weighted by molar-refractivity contribution is 5.94. The fourth-order valence-electron chi connectivity index (χ4n) is 2.21. The van der Waals surface area contributed by atoms with Crippen LogP contribution in [0.15, 0.2) is 24.4 Å². The zero-order chi connectivity index (χ0) is 13.9. The van der Waals surface area contributed by atoms with E-state index in [1.165, 1.54) is 0 Å². The van der Waals surface area contributed by atoms with Crippen LogP contribution in [0, 0.1) is 0 Å². The highest BCUT2D eigenvalue weighted by Crippen LogP contribution is 2.36. The summed E-state index contributed by atoms with van der Waals surface area (Å²) in [4.78, 5) is 4.34. The van der Waals surface area contributed by atoms with Crippen LogP contribution in [0.4, 0.5) is 5.82 Å². The lowest BCUT2D eigenvalue weighted by atomic mass is 10.1. The molecule has 5 heteroatoms. The lowest BCUT2D eigenvalue weighted by Crippen LogP contribution is -2.19. The average molecular weight is 274 g/mol. The number of rotatable bonds is 4. The number of hydrogen-bond donors (Lipinski definition) is 2. The summed E-state index contributed by atoms with van der Waals surface area (Å²) in [6.45, 7) is 3.58. The minimum absolute atomic E-state index is 0.371. The van der Waals surface area contributed by atoms with Crippen LogP contribution in [-0.2, 0) is 0 Å². The predicted molar refractivity (Wildman–Crippen MR) is 77.5 cm³/mol. The van der Waals surface area contributed by atoms with Crippen molar-refractivity contribution in [1.82, 2.24) is 4.98 Å². The number of fused-ring (bicyclic) bond motifs is 2. The van der Waals surface area contributed by atoms with Crippen molar-refractivity contribution in [3.63, 3.8) is 0 Å². The third kappa shape index (κ3) is 2.49. The first-order valence-corrected chi connectivity index (χ1v) is 6.88. The van der Waals surface area contributed by atoms with E-state index in [0.29, 0.717) is 26.2 Å². The average Bonchev–Trinajstić information content (AvgIpc) is 2.50. The van der Waals surface area contributed by atoms with Crippen LogP contribution in [0.1, 0.15) is 13.3 Å². The van der Waals surface area contributed by atoms with Crippen LogP contribution in [0.5, 0.6) is 11.5 Å². The Morgan fingerprint density at radius 1 is 1.30 bits per heavy atom. The van der Waals surface area contributed by atoms with Gasteiger partial charge in [-0.15, -0.1) is 0 Å². The van der Waals surface area contributed by atoms with Gasteiger partial charge >= 0.3 is 0 Å². The molecule has 20 heavy (non-hydrogen) atoms. The SMILES string of the molecule is CCC(O)CNc1nccc2cc3c(cc12)OCCO3. The summed E-state index contributed by atoms with van der Waals surface area (Å²) < 4.78 is 11.2. The molecule has 0 saturated heterocycles. The Labute approximate surface area is 117 Å². The molecule has 0 fully saturated rings. The van der Waals surface area contributed by atoms with Crippen LogP contribution in [0.2, 0.25) is 0 Å². The van der Waals surface area contributed by atoms with Gasteiger partial charge in [0.2, 0.25) is 0 Å². The highest BCUT2D eigenvalue weighted by atomic mass is 16.6. The first-order chi connectivity index (χ1) is 9.78. The second-order valence-corrected chi connectivity index (χ2v) is 4.82. The highest BCUT2D eigenvalue weighted by Gasteiger charge is 2.14. The molecule has 1 aromatic heterocycles. The Bertz CT molecular complexity index is 615. The van der Waals surface area contributed by atoms with E-state index in [9.17, 15) is 5.11 Å². The molecule has 2 heterocycles. The summed E-state index contributed by atoms with van der Waals surface area (Å²) in [6.07, 6.45) is 2.09. The smallest absolute Gasteiger partial charge is 0.162 e. The Morgan fingerprint density at radius 3 is 2.80 bits per heavy atom. The van der Waals surface area contributed by atoms with E-state index in [1.54, 1.807) is 6.20 Å². The number of pyridine rings is 1. The molecule has 2 aromatic rings. The molecule has 0 amide bonds. The van der Waals surface area contributed by atoms with Gasteiger partial charge in [-0.1, -0.05) is 6.92 Å². The molecule has 0 aliphatic carbocycles. The van der Waals surface area contributed by atoms with Gasteiger partial charge in [0.05, 0.1) is 6.10 Å². The van der Waals surface area contributed by atoms with Crippen molar-refractivity contribution in [3.05, 3.63) is 24.4 Å². The zero-order valence-corrected chi connectivity index (χ0v) is 11.4. The maximum atomic E-state index is 9.65. The number of aromatic nitrogens is 1. The normalized spacial score (nSPS) is 15.1. The quantitative estimate of drug-likeness (QED) is 0.894. The predicted octanol–water partition coefficient (Wildman–Crippen LogP) is 2.19. The molecule has 1 unspecified atom stereocenters. The molecule has 1 aromatic carbocycles. The number of benzene rings is 1. The van der Waals surface area contributed by atoms with Crippen molar-refractivity contribution in [3.8, 4) is 11.5 Å². The first kappa shape index (κ1) is 13.0. The third-order valence-electron chi connectivity index (χ3n) is 3.40. The number of ether oxygens (including phenoxy) is 2. The van der Waals surface area contributed by atoms with Gasteiger partial charge in [0.15, 0.2) is 11.5 Å². The van der Waals surface area contributed by atoms with Gasteiger partial charge in [-0.3, -0.25) is 0 Å². The minimum Gasteiger partial charge on any atom is -0.486 e. The van der Waals surface area contributed by atoms with E-state index in [-0.39, 0.29) is 6.10 Å². The van der Waals surface area contributed by atoms with E-state index in [2.05, 4.69) is 10.3 Å². The summed E-state index contributed by atoms with van der Waals surface area (Å²) in [5, 5.41) is 14.8. The minimum atomic E-state index is -0.371. The number of nitrogens with zero attached hydrogens (tertiary/aromatic N) is 1. The van der Waals surface area contributed by atoms with Crippen LogP contribution in [0.3, 0.4) is 0 Å². The summed E-state index contributed by atoms with van der Waals surface area (Å²) in [5.74, 6) is 2.28. The van der Waals surface area contributed by atoms with Crippen LogP contribution in [0.25, 0.3) is 10.8 Å². The van der Waals surface area contributed by atoms with E-state index in [0.717, 1.165) is 28.1 Å². The van der Waals surface area contributed by atoms with E-state index >= 15 is 0 Å². The Hall–Kier alpha value is -2.01. The van der Waals surface area contributed by atoms with Crippen molar-refractivity contribution in [2.45, 2.75) is 19.4 Å². The summed E-state index contributed by atoms with van der Waals surface area (Å²) in [5.41, 5.74) is 0. The number of anilines is 1. The molecule has 0 bridgehead atoms. The molecule has 5 nitrogen and oxygen atoms in total. The van der Waals surface area contributed by atoms with Gasteiger partial charge in [0, 0.05) is 18.1 Å². The molecule has 0 spiro atoms. The molecule has 3 rings (SSSR count). The number of aliphatic hydroxyl groups is 1. The van der Waals surface area contributed by atoms with Crippen LogP contribution >= 0.6 is 0 Å². The van der Waals surface area contributed by atoms with Gasteiger partial charge in [0.1, 0.15) is 19.0 Å². The number of aliphatic hydroxyl groups excluding tert-OH is 1. The summed E-state index contributed by atoms with van der Waals surface area (Å²) >= 11 is 0. The number of nitrogens with one attached hydrogen (secondary N) is 1. The molecule has 0 saturated carbocycles. The summed E-state index contributed by atoms with van der Waals surface area (Å²) in [6, 6.07) is 5.85. The number of hydrogen-bond acceptors (Lipinski definition) is 5. The molecule has 1 aliphatic heterocycles. The molecular weight excluding hydrogens is 256 g/mol. The Kier molecular flexibility index (Phi) is 3.60. The first-order valence-electron chi connectivity index (χ1n) is 6.88. The standard InChI is InChI=1S/C15H18N2O3/c1-2-11(18)9-17-15-12-8-14-13(19-5-6-20-14)7-10(12)3-4-16-15/h3-4,7-8,11,18H,2,5-6,9H2,1H3,(H,16,17). The molecule has 1 aliphatic rings. The molecule has 0 radical (unpaired) electrons. The van der Waals surface area contributed by atoms with E-state index < -0.39 is 0 Å². The van der Waals surface area contributed by atoms with Crippen molar-refractivity contribution in [2.75, 3.05) is 25.1 Å². The van der Waals surface area contributed by atoms with Crippen molar-refractivity contribution in [2.24, 2.45) is 0 Å². The Balaban J connectivity index is 1.96. The third-order valence-corrected chi connectivity index (χ3v) is 3.40. The second-order valence-electron chi connectivity index (χ2n) is 4.82. The van der Waals surface area contributed by atoms with Gasteiger partial charge in [0.25, 0.3) is 0 Å². The van der Waals surface area contributed by atoms with Crippen molar-refractivity contribution >= 4 is 16.6 Å². The Morgan fingerprint density at radius 2 is 2.05 bits per heavy atom. The molecule has 2 N–H and O–H groups in total. The van der Waals surface area contributed by atoms with Gasteiger partial charge in [-0.2, -0.15) is 0 Å². The largest absolute Gasteiger partial charge is 0.486 e. The van der Waals surface area contributed by atoms with Gasteiger partial charge < -0.3 is 19.9 Å².